The molecular formula is C27H36N6O. The van der Waals surface area contributed by atoms with Crippen LogP contribution in [0.5, 0.6) is 0 Å². The molecule has 3 aliphatic rings. The van der Waals surface area contributed by atoms with Gasteiger partial charge in [-0.2, -0.15) is 0 Å². The quantitative estimate of drug-likeness (QED) is 0.588. The Labute approximate surface area is 200 Å². The van der Waals surface area contributed by atoms with E-state index in [2.05, 4.69) is 49.1 Å². The van der Waals surface area contributed by atoms with E-state index in [0.717, 1.165) is 48.2 Å². The van der Waals surface area contributed by atoms with E-state index in [-0.39, 0.29) is 11.6 Å². The van der Waals surface area contributed by atoms with Crippen LogP contribution in [0, 0.1) is 12.3 Å². The van der Waals surface area contributed by atoms with Gasteiger partial charge in [0.2, 0.25) is 0 Å². The van der Waals surface area contributed by atoms with Gasteiger partial charge in [0.1, 0.15) is 6.04 Å². The maximum Gasteiger partial charge on any atom is 0.253 e. The van der Waals surface area contributed by atoms with Gasteiger partial charge in [0, 0.05) is 17.6 Å². The Morgan fingerprint density at radius 2 is 1.82 bits per heavy atom. The summed E-state index contributed by atoms with van der Waals surface area (Å²) in [5.41, 5.74) is 3.21. The Morgan fingerprint density at radius 1 is 1.03 bits per heavy atom. The Hall–Kier alpha value is -2.54. The number of H-pyrrole nitrogens is 1. The lowest BCUT2D eigenvalue weighted by Crippen LogP contribution is -2.47. The number of fused-ring (bicyclic) bond motifs is 1. The van der Waals surface area contributed by atoms with Crippen LogP contribution in [0.4, 0.5) is 0 Å². The van der Waals surface area contributed by atoms with Crippen LogP contribution in [0.15, 0.2) is 29.1 Å². The first-order chi connectivity index (χ1) is 16.6. The third-order valence-electron chi connectivity index (χ3n) is 8.73. The van der Waals surface area contributed by atoms with E-state index in [1.807, 2.05) is 12.1 Å². The average molecular weight is 461 g/mol. The summed E-state index contributed by atoms with van der Waals surface area (Å²) in [6, 6.07) is 8.43. The lowest BCUT2D eigenvalue weighted by atomic mass is 9.69. The highest BCUT2D eigenvalue weighted by atomic mass is 16.1. The minimum atomic E-state index is -0.219. The molecule has 2 aromatic heterocycles. The number of pyridine rings is 1. The van der Waals surface area contributed by atoms with Crippen molar-refractivity contribution in [1.29, 1.82) is 0 Å². The third-order valence-corrected chi connectivity index (χ3v) is 8.73. The van der Waals surface area contributed by atoms with Crippen molar-refractivity contribution in [2.45, 2.75) is 89.6 Å². The molecule has 3 fully saturated rings. The highest BCUT2D eigenvalue weighted by Gasteiger charge is 2.41. The number of hydrogen-bond acceptors (Lipinski definition) is 5. The van der Waals surface area contributed by atoms with E-state index in [9.17, 15) is 4.79 Å². The van der Waals surface area contributed by atoms with Crippen LogP contribution in [-0.2, 0) is 0 Å². The first-order valence-electron chi connectivity index (χ1n) is 13.3. The van der Waals surface area contributed by atoms with Crippen molar-refractivity contribution in [2.75, 3.05) is 13.1 Å². The van der Waals surface area contributed by atoms with Crippen LogP contribution in [0.1, 0.15) is 99.7 Å². The fourth-order valence-corrected chi connectivity index (χ4v) is 7.01. The van der Waals surface area contributed by atoms with Crippen molar-refractivity contribution in [3.63, 3.8) is 0 Å². The van der Waals surface area contributed by atoms with Gasteiger partial charge in [0.25, 0.3) is 5.56 Å². The molecule has 0 unspecified atom stereocenters. The van der Waals surface area contributed by atoms with E-state index >= 15 is 0 Å². The summed E-state index contributed by atoms with van der Waals surface area (Å²) in [7, 11) is 0. The standard InChI is InChI=1S/C27H36N6O/c1-19-10-11-23-20(16-19)17-22(26(34)28-23)24(25-29-30-31-33(25)21-8-3-4-9-21)32-15-7-14-27(18-32)12-5-2-6-13-27/h10-11,16-17,21,24H,2-9,12-15,18H2,1H3,(H,28,34)/t24-/m1/s1. The molecule has 3 aromatic rings. The smallest absolute Gasteiger partial charge is 0.253 e. The molecule has 2 aliphatic carbocycles. The second-order valence-electron chi connectivity index (χ2n) is 11.1. The van der Waals surface area contributed by atoms with Gasteiger partial charge in [-0.1, -0.05) is 43.7 Å². The highest BCUT2D eigenvalue weighted by molar-refractivity contribution is 5.79. The van der Waals surface area contributed by atoms with Crippen LogP contribution in [0.2, 0.25) is 0 Å². The monoisotopic (exact) mass is 460 g/mol. The highest BCUT2D eigenvalue weighted by Crippen LogP contribution is 2.46. The Balaban J connectivity index is 1.47. The maximum atomic E-state index is 13.5. The molecule has 0 bridgehead atoms. The van der Waals surface area contributed by atoms with Crippen molar-refractivity contribution in [3.8, 4) is 0 Å². The molecule has 7 nitrogen and oxygen atoms in total. The summed E-state index contributed by atoms with van der Waals surface area (Å²) in [6.07, 6.45) is 13.8. The SMILES string of the molecule is Cc1ccc2[nH]c(=O)c([C@H](c3nnnn3C3CCCC3)N3CCCC4(CCCCC4)C3)cc2c1. The lowest BCUT2D eigenvalue weighted by Gasteiger charge is -2.47. The van der Waals surface area contributed by atoms with E-state index < -0.39 is 0 Å². The zero-order valence-electron chi connectivity index (χ0n) is 20.3. The third kappa shape index (κ3) is 3.98. The van der Waals surface area contributed by atoms with Gasteiger partial charge in [-0.25, -0.2) is 4.68 Å². The maximum absolute atomic E-state index is 13.5. The molecule has 1 aromatic carbocycles. The zero-order chi connectivity index (χ0) is 23.1. The molecule has 6 rings (SSSR count). The molecule has 1 N–H and O–H groups in total. The number of piperidine rings is 1. The Kier molecular flexibility index (Phi) is 5.76. The fourth-order valence-electron chi connectivity index (χ4n) is 7.01. The first kappa shape index (κ1) is 22.0. The van der Waals surface area contributed by atoms with E-state index in [1.165, 1.54) is 63.4 Å². The molecule has 1 aliphatic heterocycles. The molecule has 180 valence electrons. The van der Waals surface area contributed by atoms with Gasteiger partial charge in [0.15, 0.2) is 5.82 Å². The number of rotatable bonds is 4. The first-order valence-corrected chi connectivity index (χ1v) is 13.3. The molecule has 1 spiro atoms. The summed E-state index contributed by atoms with van der Waals surface area (Å²) in [4.78, 5) is 19.2. The van der Waals surface area contributed by atoms with Gasteiger partial charge >= 0.3 is 0 Å². The van der Waals surface area contributed by atoms with E-state index in [4.69, 9.17) is 0 Å². The number of aromatic nitrogens is 5. The minimum Gasteiger partial charge on any atom is -0.322 e. The molecule has 3 heterocycles. The second kappa shape index (κ2) is 8.91. The van der Waals surface area contributed by atoms with Gasteiger partial charge in [-0.3, -0.25) is 9.69 Å². The van der Waals surface area contributed by atoms with Crippen LogP contribution in [-0.4, -0.2) is 43.2 Å². The number of likely N-dealkylation sites (tertiary alicyclic amines) is 1. The molecule has 0 amide bonds. The molecule has 1 saturated heterocycles. The van der Waals surface area contributed by atoms with Crippen molar-refractivity contribution < 1.29 is 0 Å². The van der Waals surface area contributed by atoms with Crippen molar-refractivity contribution >= 4 is 10.9 Å². The van der Waals surface area contributed by atoms with Gasteiger partial charge < -0.3 is 4.98 Å². The number of benzene rings is 1. The number of nitrogens with zero attached hydrogens (tertiary/aromatic N) is 5. The average Bonchev–Trinajstić information content (AvgIpc) is 3.53. The fraction of sp³-hybridized carbons (Fsp3) is 0.630. The lowest BCUT2D eigenvalue weighted by molar-refractivity contribution is 0.0335. The van der Waals surface area contributed by atoms with Gasteiger partial charge in [-0.15, -0.1) is 5.10 Å². The molecule has 34 heavy (non-hydrogen) atoms. The molecule has 1 atom stereocenters. The number of aryl methyl sites for hydroxylation is 1. The summed E-state index contributed by atoms with van der Waals surface area (Å²) >= 11 is 0. The van der Waals surface area contributed by atoms with Crippen LogP contribution >= 0.6 is 0 Å². The number of nitrogens with one attached hydrogen (secondary N) is 1. The van der Waals surface area contributed by atoms with E-state index in [0.29, 0.717) is 11.5 Å². The minimum absolute atomic E-state index is 0.0226. The summed E-state index contributed by atoms with van der Waals surface area (Å²) < 4.78 is 2.06. The van der Waals surface area contributed by atoms with Gasteiger partial charge in [0.05, 0.1) is 6.04 Å². The second-order valence-corrected chi connectivity index (χ2v) is 11.1. The summed E-state index contributed by atoms with van der Waals surface area (Å²) in [5, 5.41) is 14.3. The molecular weight excluding hydrogens is 424 g/mol. The normalized spacial score (nSPS) is 22.5. The van der Waals surface area contributed by atoms with Crippen molar-refractivity contribution in [3.05, 3.63) is 51.6 Å². The molecule has 0 radical (unpaired) electrons. The van der Waals surface area contributed by atoms with Crippen LogP contribution in [0.25, 0.3) is 10.9 Å². The summed E-state index contributed by atoms with van der Waals surface area (Å²) in [5.74, 6) is 0.845. The molecule has 2 saturated carbocycles. The number of aromatic amines is 1. The Morgan fingerprint density at radius 3 is 2.65 bits per heavy atom. The van der Waals surface area contributed by atoms with Crippen LogP contribution < -0.4 is 5.56 Å². The Bertz CT molecular complexity index is 1210. The topological polar surface area (TPSA) is 79.7 Å². The number of tetrazole rings is 1. The predicted molar refractivity (Wildman–Crippen MR) is 133 cm³/mol. The van der Waals surface area contributed by atoms with Gasteiger partial charge in [-0.05, 0) is 91.4 Å². The van der Waals surface area contributed by atoms with Crippen molar-refractivity contribution in [1.82, 2.24) is 30.1 Å². The summed E-state index contributed by atoms with van der Waals surface area (Å²) in [6.45, 7) is 4.11. The zero-order valence-corrected chi connectivity index (χ0v) is 20.3. The predicted octanol–water partition coefficient (Wildman–Crippen LogP) is 5.07. The largest absolute Gasteiger partial charge is 0.322 e. The van der Waals surface area contributed by atoms with Crippen molar-refractivity contribution in [2.24, 2.45) is 5.41 Å². The van der Waals surface area contributed by atoms with Crippen LogP contribution in [0.3, 0.4) is 0 Å². The number of hydrogen-bond donors (Lipinski definition) is 1. The molecule has 7 heteroatoms. The van der Waals surface area contributed by atoms with E-state index in [1.54, 1.807) is 0 Å².